The molecule has 1 unspecified atom stereocenters. The molecule has 3 heterocycles. The van der Waals surface area contributed by atoms with Crippen LogP contribution in [0, 0.1) is 13.8 Å². The largest absolute Gasteiger partial charge is 0.465 e. The van der Waals surface area contributed by atoms with Crippen LogP contribution in [-0.2, 0) is 6.54 Å². The molecule has 2 aromatic heterocycles. The number of hydrogen-bond donors (Lipinski definition) is 2. The first kappa shape index (κ1) is 21.2. The summed E-state index contributed by atoms with van der Waals surface area (Å²) >= 11 is 1.78. The Labute approximate surface area is 177 Å². The monoisotopic (exact) mass is 488 g/mol. The first-order chi connectivity index (χ1) is 12.2. The number of aryl methyl sites for hydroxylation is 2. The normalized spacial score (nSPS) is 16.3. The smallest absolute Gasteiger partial charge is 0.191 e. The fraction of sp³-hybridized carbons (Fsp3) is 0.526. The highest BCUT2D eigenvalue weighted by molar-refractivity contribution is 14.0. The third kappa shape index (κ3) is 5.47. The molecule has 1 saturated heterocycles. The molecule has 2 N–H and O–H groups in total. The van der Waals surface area contributed by atoms with Gasteiger partial charge in [0.25, 0.3) is 0 Å². The third-order valence-corrected chi connectivity index (χ3v) is 5.77. The summed E-state index contributed by atoms with van der Waals surface area (Å²) in [5.41, 5.74) is 1.33. The minimum absolute atomic E-state index is 0. The van der Waals surface area contributed by atoms with Crippen LogP contribution in [-0.4, -0.2) is 37.5 Å². The molecule has 1 atom stereocenters. The van der Waals surface area contributed by atoms with E-state index in [0.717, 1.165) is 43.7 Å². The predicted molar refractivity (Wildman–Crippen MR) is 120 cm³/mol. The molecule has 0 aliphatic carbocycles. The Morgan fingerprint density at radius 2 is 2.00 bits per heavy atom. The summed E-state index contributed by atoms with van der Waals surface area (Å²) in [7, 11) is 1.82. The maximum absolute atomic E-state index is 5.92. The van der Waals surface area contributed by atoms with Crippen LogP contribution in [0.15, 0.2) is 33.0 Å². The van der Waals surface area contributed by atoms with Gasteiger partial charge in [-0.1, -0.05) is 0 Å². The second-order valence-corrected chi connectivity index (χ2v) is 7.54. The molecule has 0 radical (unpaired) electrons. The number of nitrogens with one attached hydrogen (secondary N) is 2. The average Bonchev–Trinajstić information content (AvgIpc) is 3.34. The zero-order chi connectivity index (χ0) is 17.6. The highest BCUT2D eigenvalue weighted by Crippen LogP contribution is 2.26. The molecular weight excluding hydrogens is 459 g/mol. The number of hydrogen-bond acceptors (Lipinski definition) is 4. The summed E-state index contributed by atoms with van der Waals surface area (Å²) in [6.45, 7) is 8.00. The Kier molecular flexibility index (Phi) is 8.43. The van der Waals surface area contributed by atoms with E-state index in [0.29, 0.717) is 0 Å². The number of thiophene rings is 1. The summed E-state index contributed by atoms with van der Waals surface area (Å²) in [5, 5.41) is 9.02. The molecule has 26 heavy (non-hydrogen) atoms. The summed E-state index contributed by atoms with van der Waals surface area (Å²) in [5.74, 6) is 2.84. The van der Waals surface area contributed by atoms with E-state index in [-0.39, 0.29) is 30.0 Å². The van der Waals surface area contributed by atoms with Crippen molar-refractivity contribution in [2.75, 3.05) is 26.7 Å². The zero-order valence-corrected chi connectivity index (χ0v) is 18.9. The molecule has 0 aromatic carbocycles. The molecule has 0 bridgehead atoms. The predicted octanol–water partition coefficient (Wildman–Crippen LogP) is 4.08. The lowest BCUT2D eigenvalue weighted by Gasteiger charge is -2.26. The molecule has 1 aliphatic rings. The van der Waals surface area contributed by atoms with Crippen molar-refractivity contribution in [1.29, 1.82) is 0 Å². The van der Waals surface area contributed by atoms with Crippen molar-refractivity contribution in [3.63, 3.8) is 0 Å². The molecule has 0 saturated carbocycles. The van der Waals surface area contributed by atoms with Crippen molar-refractivity contribution < 1.29 is 4.42 Å². The number of likely N-dealkylation sites (tertiary alicyclic amines) is 1. The van der Waals surface area contributed by atoms with Crippen molar-refractivity contribution >= 4 is 41.3 Å². The summed E-state index contributed by atoms with van der Waals surface area (Å²) in [4.78, 5) is 8.21. The number of nitrogens with zero attached hydrogens (tertiary/aromatic N) is 2. The maximum Gasteiger partial charge on any atom is 0.191 e. The van der Waals surface area contributed by atoms with Gasteiger partial charge in [-0.25, -0.2) is 0 Å². The molecule has 2 aromatic rings. The van der Waals surface area contributed by atoms with Crippen molar-refractivity contribution in [2.24, 2.45) is 4.99 Å². The van der Waals surface area contributed by atoms with Gasteiger partial charge in [-0.15, -0.1) is 35.3 Å². The number of aliphatic imine (C=N–C) groups is 1. The average molecular weight is 488 g/mol. The quantitative estimate of drug-likeness (QED) is 0.366. The van der Waals surface area contributed by atoms with Gasteiger partial charge >= 0.3 is 0 Å². The van der Waals surface area contributed by atoms with E-state index in [9.17, 15) is 0 Å². The Balaban J connectivity index is 0.00000243. The second kappa shape index (κ2) is 10.3. The Hall–Kier alpha value is -1.06. The van der Waals surface area contributed by atoms with Crippen LogP contribution in [0.5, 0.6) is 0 Å². The van der Waals surface area contributed by atoms with Gasteiger partial charge in [0.15, 0.2) is 5.96 Å². The van der Waals surface area contributed by atoms with Gasteiger partial charge < -0.3 is 15.1 Å². The lowest BCUT2D eigenvalue weighted by Crippen LogP contribution is -2.42. The van der Waals surface area contributed by atoms with E-state index in [1.807, 2.05) is 20.0 Å². The van der Waals surface area contributed by atoms with Gasteiger partial charge in [0, 0.05) is 18.5 Å². The first-order valence-electron chi connectivity index (χ1n) is 8.95. The van der Waals surface area contributed by atoms with E-state index in [2.05, 4.69) is 45.0 Å². The van der Waals surface area contributed by atoms with Crippen LogP contribution >= 0.6 is 35.3 Å². The lowest BCUT2D eigenvalue weighted by molar-refractivity contribution is 0.213. The van der Waals surface area contributed by atoms with E-state index >= 15 is 0 Å². The van der Waals surface area contributed by atoms with Gasteiger partial charge in [-0.3, -0.25) is 9.89 Å². The molecule has 3 rings (SSSR count). The van der Waals surface area contributed by atoms with Gasteiger partial charge in [0.05, 0.1) is 12.6 Å². The Morgan fingerprint density at radius 1 is 1.23 bits per heavy atom. The topological polar surface area (TPSA) is 52.8 Å². The van der Waals surface area contributed by atoms with Crippen LogP contribution in [0.3, 0.4) is 0 Å². The Morgan fingerprint density at radius 3 is 2.58 bits per heavy atom. The highest BCUT2D eigenvalue weighted by atomic mass is 127. The minimum Gasteiger partial charge on any atom is -0.465 e. The maximum atomic E-state index is 5.92. The van der Waals surface area contributed by atoms with Crippen LogP contribution in [0.25, 0.3) is 0 Å². The molecule has 7 heteroatoms. The number of guanidine groups is 1. The molecule has 0 amide bonds. The second-order valence-electron chi connectivity index (χ2n) is 6.54. The SMILES string of the molecule is CN=C(NCc1sccc1C)NCC(c1ccc(C)o1)N1CCCC1.I. The van der Waals surface area contributed by atoms with Crippen molar-refractivity contribution in [3.05, 3.63) is 45.5 Å². The van der Waals surface area contributed by atoms with Crippen LogP contribution in [0.2, 0.25) is 0 Å². The number of furan rings is 1. The van der Waals surface area contributed by atoms with E-state index < -0.39 is 0 Å². The van der Waals surface area contributed by atoms with Crippen molar-refractivity contribution in [3.8, 4) is 0 Å². The summed E-state index contributed by atoms with van der Waals surface area (Å²) in [6.07, 6.45) is 2.53. The molecule has 5 nitrogen and oxygen atoms in total. The number of rotatable bonds is 6. The van der Waals surface area contributed by atoms with Gasteiger partial charge in [0.1, 0.15) is 11.5 Å². The fourth-order valence-corrected chi connectivity index (χ4v) is 4.10. The van der Waals surface area contributed by atoms with Crippen molar-refractivity contribution in [1.82, 2.24) is 15.5 Å². The van der Waals surface area contributed by atoms with Crippen LogP contribution in [0.1, 0.15) is 40.8 Å². The van der Waals surface area contributed by atoms with Gasteiger partial charge in [-0.05, 0) is 68.9 Å². The zero-order valence-electron chi connectivity index (χ0n) is 15.7. The van der Waals surface area contributed by atoms with E-state index in [1.54, 1.807) is 11.3 Å². The fourth-order valence-electron chi connectivity index (χ4n) is 3.26. The molecule has 144 valence electrons. The third-order valence-electron chi connectivity index (χ3n) is 4.74. The molecule has 1 aliphatic heterocycles. The van der Waals surface area contributed by atoms with Crippen LogP contribution < -0.4 is 10.6 Å². The van der Waals surface area contributed by atoms with Crippen LogP contribution in [0.4, 0.5) is 0 Å². The first-order valence-corrected chi connectivity index (χ1v) is 9.83. The summed E-state index contributed by atoms with van der Waals surface area (Å²) in [6, 6.07) is 6.55. The minimum atomic E-state index is 0. The number of halogens is 1. The lowest BCUT2D eigenvalue weighted by atomic mass is 10.2. The molecular formula is C19H29IN4OS. The van der Waals surface area contributed by atoms with Crippen molar-refractivity contribution in [2.45, 2.75) is 39.3 Å². The standard InChI is InChI=1S/C19H28N4OS.HI/c1-14-8-11-25-18(14)13-22-19(20-3)21-12-16(23-9-4-5-10-23)17-7-6-15(2)24-17;/h6-8,11,16H,4-5,9-10,12-13H2,1-3H3,(H2,20,21,22);1H. The van der Waals surface area contributed by atoms with E-state index in [1.165, 1.54) is 23.3 Å². The molecule has 0 spiro atoms. The van der Waals surface area contributed by atoms with Gasteiger partial charge in [0.2, 0.25) is 0 Å². The van der Waals surface area contributed by atoms with E-state index in [4.69, 9.17) is 4.42 Å². The Bertz CT molecular complexity index is 706. The summed E-state index contributed by atoms with van der Waals surface area (Å²) < 4.78 is 5.92. The molecule has 1 fully saturated rings. The highest BCUT2D eigenvalue weighted by Gasteiger charge is 2.26. The van der Waals surface area contributed by atoms with Gasteiger partial charge in [-0.2, -0.15) is 0 Å².